The SMILES string of the molecule is O=BOB1OB(OB(O)O)O1.[K].[K]. The summed E-state index contributed by atoms with van der Waals surface area (Å²) in [5, 5.41) is 16.3. The molecule has 1 heterocycles. The molecule has 2 N–H and O–H groups in total. The first kappa shape index (κ1) is 18.3. The summed E-state index contributed by atoms with van der Waals surface area (Å²) >= 11 is 0. The van der Waals surface area contributed by atoms with Gasteiger partial charge in [-0.3, -0.25) is 0 Å². The molecule has 1 aliphatic heterocycles. The van der Waals surface area contributed by atoms with E-state index >= 15 is 0 Å². The van der Waals surface area contributed by atoms with E-state index < -0.39 is 22.0 Å². The molecule has 0 atom stereocenters. The second kappa shape index (κ2) is 10.1. The first-order chi connectivity index (χ1) is 5.22. The van der Waals surface area contributed by atoms with Crippen LogP contribution in [0.5, 0.6) is 0 Å². The number of rotatable bonds is 4. The predicted octanol–water partition coefficient (Wildman–Crippen LogP) is -3.79. The van der Waals surface area contributed by atoms with E-state index in [9.17, 15) is 4.70 Å². The van der Waals surface area contributed by atoms with E-state index in [4.69, 9.17) is 10.0 Å². The molecule has 1 fully saturated rings. The summed E-state index contributed by atoms with van der Waals surface area (Å²) in [5.74, 6) is 0. The first-order valence-electron chi connectivity index (χ1n) is 2.64. The average Bonchev–Trinajstić information content (AvgIpc) is 1.82. The summed E-state index contributed by atoms with van der Waals surface area (Å²) in [4.78, 5) is 0. The Morgan fingerprint density at radius 2 is 1.77 bits per heavy atom. The smallest absolute Gasteiger partial charge is 0 e. The van der Waals surface area contributed by atoms with E-state index in [-0.39, 0.29) is 110 Å². The van der Waals surface area contributed by atoms with Crippen LogP contribution >= 0.6 is 0 Å². The first-order valence-corrected chi connectivity index (χ1v) is 2.64. The fourth-order valence-corrected chi connectivity index (χ4v) is 0.465. The maximum absolute atomic E-state index is 9.62. The molecule has 0 aliphatic carbocycles. The zero-order valence-electron chi connectivity index (χ0n) is 7.25. The third kappa shape index (κ3) is 7.77. The monoisotopic (exact) mass is 236 g/mol. The molecular weight excluding hydrogens is 233 g/mol. The van der Waals surface area contributed by atoms with Gasteiger partial charge in [0.2, 0.25) is 0 Å². The zero-order chi connectivity index (χ0) is 8.27. The van der Waals surface area contributed by atoms with Crippen molar-refractivity contribution in [3.8, 4) is 0 Å². The summed E-state index contributed by atoms with van der Waals surface area (Å²) < 4.78 is 26.8. The van der Waals surface area contributed by atoms with E-state index in [1.54, 1.807) is 0 Å². The van der Waals surface area contributed by atoms with Crippen molar-refractivity contribution in [2.24, 2.45) is 0 Å². The van der Waals surface area contributed by atoms with Crippen LogP contribution in [0.25, 0.3) is 0 Å². The van der Waals surface area contributed by atoms with E-state index in [0.29, 0.717) is 0 Å². The predicted molar refractivity (Wildman–Crippen MR) is 44.0 cm³/mol. The summed E-state index contributed by atoms with van der Waals surface area (Å²) in [6, 6.07) is 0. The van der Waals surface area contributed by atoms with Crippen LogP contribution in [0.2, 0.25) is 0 Å². The van der Waals surface area contributed by atoms with Gasteiger partial charge in [-0.1, -0.05) is 0 Å². The van der Waals surface area contributed by atoms with Crippen LogP contribution in [0, 0.1) is 0 Å². The van der Waals surface area contributed by atoms with E-state index in [2.05, 4.69) is 18.3 Å². The number of hydrogen-bond donors (Lipinski definition) is 2. The van der Waals surface area contributed by atoms with Gasteiger partial charge in [-0.05, 0) is 0 Å². The van der Waals surface area contributed by atoms with Crippen LogP contribution in [-0.4, -0.2) is 142 Å². The molecule has 58 valence electrons. The van der Waals surface area contributed by atoms with Crippen LogP contribution in [0.3, 0.4) is 0 Å². The van der Waals surface area contributed by atoms with Crippen molar-refractivity contribution in [3.05, 3.63) is 0 Å². The van der Waals surface area contributed by atoms with Crippen LogP contribution < -0.4 is 0 Å². The van der Waals surface area contributed by atoms with E-state index in [1.165, 1.54) is 0 Å². The van der Waals surface area contributed by atoms with Gasteiger partial charge in [0.15, 0.2) is 0 Å². The standard InChI is InChI=1S/B4H2O7.2K/c5-1-8-3-10-4(11-3)9-2(6)7;;/h6-7H;;. The topological polar surface area (TPSA) is 94.5 Å². The molecule has 13 heavy (non-hydrogen) atoms. The molecule has 0 amide bonds. The summed E-state index contributed by atoms with van der Waals surface area (Å²) in [6.45, 7) is 0. The van der Waals surface area contributed by atoms with Crippen LogP contribution in [0.15, 0.2) is 0 Å². The molecule has 1 saturated heterocycles. The van der Waals surface area contributed by atoms with Gasteiger partial charge >= 0.3 is 62.4 Å². The fourth-order valence-electron chi connectivity index (χ4n) is 0.465. The second-order valence-electron chi connectivity index (χ2n) is 1.54. The Hall–Kier alpha value is 2.93. The quantitative estimate of drug-likeness (QED) is 0.483. The maximum Gasteiger partial charge on any atom is 0 e. The van der Waals surface area contributed by atoms with Gasteiger partial charge in [0.25, 0.3) is 0 Å². The molecule has 13 heteroatoms. The van der Waals surface area contributed by atoms with E-state index in [0.717, 1.165) is 0 Å². The van der Waals surface area contributed by atoms with E-state index in [1.807, 2.05) is 0 Å². The van der Waals surface area contributed by atoms with Gasteiger partial charge in [0, 0.05) is 103 Å². The summed E-state index contributed by atoms with van der Waals surface area (Å²) in [7, 11) is -4.15. The molecule has 0 aromatic carbocycles. The molecular formula is H2B4K2O7. The minimum Gasteiger partial charge on any atom is 0 e. The van der Waals surface area contributed by atoms with Gasteiger partial charge in [-0.25, -0.2) is 0 Å². The molecule has 0 bridgehead atoms. The summed E-state index contributed by atoms with van der Waals surface area (Å²) in [6.07, 6.45) is 0. The molecule has 0 aromatic heterocycles. The average molecular weight is 235 g/mol. The summed E-state index contributed by atoms with van der Waals surface area (Å²) in [5.41, 5.74) is 0. The van der Waals surface area contributed by atoms with Gasteiger partial charge in [0.1, 0.15) is 0 Å². The number of hydrogen-bond acceptors (Lipinski definition) is 7. The molecule has 0 spiro atoms. The third-order valence-corrected chi connectivity index (χ3v) is 0.844. The normalized spacial score (nSPS) is 13.1. The van der Waals surface area contributed by atoms with Crippen molar-refractivity contribution in [1.82, 2.24) is 0 Å². The molecule has 0 unspecified atom stereocenters. The second-order valence-corrected chi connectivity index (χ2v) is 1.54. The van der Waals surface area contributed by atoms with Crippen molar-refractivity contribution in [3.63, 3.8) is 0 Å². The van der Waals surface area contributed by atoms with Crippen molar-refractivity contribution < 1.29 is 33.0 Å². The Morgan fingerprint density at radius 3 is 2.15 bits per heavy atom. The minimum absolute atomic E-state index is 0. The molecule has 0 aromatic rings. The van der Waals surface area contributed by atoms with Gasteiger partial charge < -0.3 is 0 Å². The van der Waals surface area contributed by atoms with Gasteiger partial charge in [0.05, 0.1) is 0 Å². The maximum atomic E-state index is 9.62. The van der Waals surface area contributed by atoms with Crippen molar-refractivity contribution in [2.75, 3.05) is 0 Å². The van der Waals surface area contributed by atoms with Crippen molar-refractivity contribution >= 4 is 132 Å². The van der Waals surface area contributed by atoms with Crippen LogP contribution in [-0.2, 0) is 23.0 Å². The third-order valence-electron chi connectivity index (χ3n) is 0.844. The van der Waals surface area contributed by atoms with Gasteiger partial charge in [-0.15, -0.1) is 0 Å². The van der Waals surface area contributed by atoms with Crippen molar-refractivity contribution in [1.29, 1.82) is 0 Å². The van der Waals surface area contributed by atoms with Crippen LogP contribution in [0.1, 0.15) is 0 Å². The Morgan fingerprint density at radius 1 is 1.23 bits per heavy atom. The Bertz CT molecular complexity index is 136. The molecule has 7 nitrogen and oxygen atoms in total. The van der Waals surface area contributed by atoms with Crippen LogP contribution in [0.4, 0.5) is 0 Å². The Labute approximate surface area is 161 Å². The fraction of sp³-hybridized carbons (Fsp3) is 0. The molecule has 2 radical (unpaired) electrons. The Kier molecular flexibility index (Phi) is 14.2. The molecule has 0 saturated carbocycles. The Balaban J connectivity index is 0. The zero-order valence-corrected chi connectivity index (χ0v) is 13.5. The van der Waals surface area contributed by atoms with Gasteiger partial charge in [-0.2, -0.15) is 0 Å². The molecule has 1 rings (SSSR count). The minimum atomic E-state index is -1.97. The van der Waals surface area contributed by atoms with Crippen molar-refractivity contribution in [2.45, 2.75) is 0 Å². The largest absolute Gasteiger partial charge is 0 e. The molecule has 1 aliphatic rings.